The summed E-state index contributed by atoms with van der Waals surface area (Å²) in [5.74, 6) is 0.930. The van der Waals surface area contributed by atoms with Crippen molar-refractivity contribution in [3.05, 3.63) is 30.1 Å². The largest absolute Gasteiger partial charge is 0.335 e. The van der Waals surface area contributed by atoms with Crippen molar-refractivity contribution in [1.29, 1.82) is 0 Å². The molecule has 0 aliphatic carbocycles. The van der Waals surface area contributed by atoms with Crippen LogP contribution in [0, 0.1) is 0 Å². The van der Waals surface area contributed by atoms with Crippen LogP contribution in [0.3, 0.4) is 0 Å². The number of nitrogens with zero attached hydrogens (tertiary/aromatic N) is 2. The molecule has 0 aliphatic heterocycles. The van der Waals surface area contributed by atoms with Crippen LogP contribution < -0.4 is 5.73 Å². The number of aromatic nitrogens is 1. The average Bonchev–Trinajstić information content (AvgIpc) is 2.42. The highest BCUT2D eigenvalue weighted by Crippen LogP contribution is 2.11. The van der Waals surface area contributed by atoms with Crippen LogP contribution in [-0.4, -0.2) is 39.9 Å². The van der Waals surface area contributed by atoms with E-state index in [0.717, 1.165) is 17.7 Å². The smallest absolute Gasteiger partial charge is 0.240 e. The number of rotatable bonds is 7. The number of amides is 1. The van der Waals surface area contributed by atoms with Crippen molar-refractivity contribution in [2.24, 2.45) is 5.73 Å². The van der Waals surface area contributed by atoms with Gasteiger partial charge in [-0.05, 0) is 43.9 Å². The molecule has 1 heterocycles. The minimum absolute atomic E-state index is 0.0212. The van der Waals surface area contributed by atoms with E-state index >= 15 is 0 Å². The summed E-state index contributed by atoms with van der Waals surface area (Å²) >= 11 is 1.71. The van der Waals surface area contributed by atoms with Crippen LogP contribution in [-0.2, 0) is 11.3 Å². The summed E-state index contributed by atoms with van der Waals surface area (Å²) in [5.41, 5.74) is 7.00. The van der Waals surface area contributed by atoms with Gasteiger partial charge in [-0.25, -0.2) is 0 Å². The maximum absolute atomic E-state index is 12.4. The lowest BCUT2D eigenvalue weighted by Gasteiger charge is -2.29. The highest BCUT2D eigenvalue weighted by Gasteiger charge is 2.23. The van der Waals surface area contributed by atoms with E-state index in [1.807, 2.05) is 37.1 Å². The number of carbonyl (C=O) groups excluding carboxylic acids is 1. The molecule has 1 atom stereocenters. The molecule has 0 fully saturated rings. The molecule has 1 aromatic heterocycles. The summed E-state index contributed by atoms with van der Waals surface area (Å²) < 4.78 is 0. The van der Waals surface area contributed by atoms with Gasteiger partial charge in [0.2, 0.25) is 5.91 Å². The zero-order valence-electron chi connectivity index (χ0n) is 11.9. The van der Waals surface area contributed by atoms with Crippen LogP contribution >= 0.6 is 11.8 Å². The van der Waals surface area contributed by atoms with Crippen molar-refractivity contribution in [1.82, 2.24) is 9.88 Å². The Morgan fingerprint density at radius 1 is 1.53 bits per heavy atom. The fourth-order valence-electron chi connectivity index (χ4n) is 1.78. The second kappa shape index (κ2) is 8.17. The molecule has 0 unspecified atom stereocenters. The van der Waals surface area contributed by atoms with Gasteiger partial charge in [-0.3, -0.25) is 9.78 Å². The Balaban J connectivity index is 2.69. The summed E-state index contributed by atoms with van der Waals surface area (Å²) in [4.78, 5) is 18.3. The fourth-order valence-corrected chi connectivity index (χ4v) is 2.27. The van der Waals surface area contributed by atoms with Gasteiger partial charge in [-0.15, -0.1) is 0 Å². The maximum Gasteiger partial charge on any atom is 0.240 e. The molecule has 5 heteroatoms. The third-order valence-corrected chi connectivity index (χ3v) is 3.58. The Labute approximate surface area is 119 Å². The summed E-state index contributed by atoms with van der Waals surface area (Å²) in [7, 11) is 0. The molecule has 0 saturated carbocycles. The van der Waals surface area contributed by atoms with Crippen molar-refractivity contribution in [2.45, 2.75) is 38.9 Å². The molecule has 0 saturated heterocycles. The second-order valence-corrected chi connectivity index (χ2v) is 5.79. The van der Waals surface area contributed by atoms with Crippen LogP contribution in [0.4, 0.5) is 0 Å². The third-order valence-electron chi connectivity index (χ3n) is 2.93. The zero-order chi connectivity index (χ0) is 14.3. The van der Waals surface area contributed by atoms with E-state index in [-0.39, 0.29) is 11.9 Å². The summed E-state index contributed by atoms with van der Waals surface area (Å²) in [6, 6.07) is 3.58. The normalized spacial score (nSPS) is 12.5. The Morgan fingerprint density at radius 2 is 2.26 bits per heavy atom. The van der Waals surface area contributed by atoms with Gasteiger partial charge in [0.15, 0.2) is 0 Å². The molecule has 1 rings (SSSR count). The van der Waals surface area contributed by atoms with Gasteiger partial charge >= 0.3 is 0 Å². The average molecular weight is 281 g/mol. The van der Waals surface area contributed by atoms with Gasteiger partial charge in [0.05, 0.1) is 6.04 Å². The van der Waals surface area contributed by atoms with Gasteiger partial charge in [0.1, 0.15) is 0 Å². The fraction of sp³-hybridized carbons (Fsp3) is 0.571. The van der Waals surface area contributed by atoms with Crippen LogP contribution in [0.1, 0.15) is 25.8 Å². The molecule has 0 spiro atoms. The lowest BCUT2D eigenvalue weighted by Crippen LogP contribution is -2.46. The second-order valence-electron chi connectivity index (χ2n) is 4.81. The summed E-state index contributed by atoms with van der Waals surface area (Å²) in [6.07, 6.45) is 6.26. The highest BCUT2D eigenvalue weighted by atomic mass is 32.2. The lowest BCUT2D eigenvalue weighted by molar-refractivity contribution is -0.135. The Hall–Kier alpha value is -1.07. The minimum atomic E-state index is -0.411. The van der Waals surface area contributed by atoms with Gasteiger partial charge < -0.3 is 10.6 Å². The first kappa shape index (κ1) is 16.0. The van der Waals surface area contributed by atoms with Crippen molar-refractivity contribution < 1.29 is 4.79 Å². The number of carbonyl (C=O) groups is 1. The van der Waals surface area contributed by atoms with Crippen LogP contribution in [0.2, 0.25) is 0 Å². The minimum Gasteiger partial charge on any atom is -0.335 e. The van der Waals surface area contributed by atoms with Gasteiger partial charge in [0, 0.05) is 25.0 Å². The van der Waals surface area contributed by atoms with Crippen LogP contribution in [0.25, 0.3) is 0 Å². The Morgan fingerprint density at radius 3 is 2.79 bits per heavy atom. The first-order valence-corrected chi connectivity index (χ1v) is 7.89. The van der Waals surface area contributed by atoms with Crippen molar-refractivity contribution in [2.75, 3.05) is 12.0 Å². The number of pyridine rings is 1. The molecule has 1 aromatic rings. The standard InChI is InChI=1S/C14H23N3OS/c1-11(2)17(10-12-5-4-7-16-9-12)14(18)13(15)6-8-19-3/h4-5,7,9,11,13H,6,8,10,15H2,1-3H3/t13-/m1/s1. The first-order chi connectivity index (χ1) is 9.06. The monoisotopic (exact) mass is 281 g/mol. The summed E-state index contributed by atoms with van der Waals surface area (Å²) in [5, 5.41) is 0. The summed E-state index contributed by atoms with van der Waals surface area (Å²) in [6.45, 7) is 4.59. The van der Waals surface area contributed by atoms with Gasteiger partial charge in [-0.2, -0.15) is 11.8 Å². The maximum atomic E-state index is 12.4. The predicted octanol–water partition coefficient (Wildman–Crippen LogP) is 1.90. The topological polar surface area (TPSA) is 59.2 Å². The van der Waals surface area contributed by atoms with Crippen LogP contribution in [0.5, 0.6) is 0 Å². The zero-order valence-corrected chi connectivity index (χ0v) is 12.7. The number of hydrogen-bond acceptors (Lipinski definition) is 4. The molecule has 19 heavy (non-hydrogen) atoms. The Bertz CT molecular complexity index is 384. The van der Waals surface area contributed by atoms with E-state index in [0.29, 0.717) is 6.54 Å². The van der Waals surface area contributed by atoms with Crippen molar-refractivity contribution in [3.63, 3.8) is 0 Å². The van der Waals surface area contributed by atoms with Crippen LogP contribution in [0.15, 0.2) is 24.5 Å². The quantitative estimate of drug-likeness (QED) is 0.829. The van der Waals surface area contributed by atoms with Gasteiger partial charge in [0.25, 0.3) is 0 Å². The van der Waals surface area contributed by atoms with E-state index in [4.69, 9.17) is 5.73 Å². The third kappa shape index (κ3) is 5.20. The lowest BCUT2D eigenvalue weighted by atomic mass is 10.1. The number of hydrogen-bond donors (Lipinski definition) is 1. The molecule has 0 radical (unpaired) electrons. The van der Waals surface area contributed by atoms with E-state index in [1.54, 1.807) is 24.2 Å². The molecule has 1 amide bonds. The first-order valence-electron chi connectivity index (χ1n) is 6.50. The molecular formula is C14H23N3OS. The van der Waals surface area contributed by atoms with E-state index in [1.165, 1.54) is 0 Å². The number of nitrogens with two attached hydrogens (primary N) is 1. The molecule has 2 N–H and O–H groups in total. The van der Waals surface area contributed by atoms with E-state index < -0.39 is 6.04 Å². The molecule has 106 valence electrons. The van der Waals surface area contributed by atoms with Crippen molar-refractivity contribution in [3.8, 4) is 0 Å². The molecule has 0 bridgehead atoms. The SMILES string of the molecule is CSCC[C@@H](N)C(=O)N(Cc1cccnc1)C(C)C. The molecule has 4 nitrogen and oxygen atoms in total. The van der Waals surface area contributed by atoms with Gasteiger partial charge in [-0.1, -0.05) is 6.07 Å². The molecular weight excluding hydrogens is 258 g/mol. The van der Waals surface area contributed by atoms with E-state index in [2.05, 4.69) is 4.98 Å². The molecule has 0 aromatic carbocycles. The molecule has 0 aliphatic rings. The van der Waals surface area contributed by atoms with Crippen molar-refractivity contribution >= 4 is 17.7 Å². The van der Waals surface area contributed by atoms with E-state index in [9.17, 15) is 4.79 Å². The Kier molecular flexibility index (Phi) is 6.87. The highest BCUT2D eigenvalue weighted by molar-refractivity contribution is 7.98. The number of thioether (sulfide) groups is 1. The predicted molar refractivity (Wildman–Crippen MR) is 80.9 cm³/mol.